The van der Waals surface area contributed by atoms with Crippen LogP contribution in [0.2, 0.25) is 0 Å². The maximum Gasteiger partial charge on any atom is 0.238 e. The molecule has 0 saturated carbocycles. The van der Waals surface area contributed by atoms with Gasteiger partial charge in [0.25, 0.3) is 0 Å². The van der Waals surface area contributed by atoms with Crippen LogP contribution in [0.15, 0.2) is 47.4 Å². The first-order valence-electron chi connectivity index (χ1n) is 5.67. The Hall–Kier alpha value is -1.99. The lowest BCUT2D eigenvalue weighted by Crippen LogP contribution is -2.12. The first kappa shape index (κ1) is 14.4. The Balaban J connectivity index is 2.17. The molecule has 0 unspecified atom stereocenters. The first-order chi connectivity index (χ1) is 9.36. The van der Waals surface area contributed by atoms with Crippen LogP contribution < -0.4 is 10.5 Å². The van der Waals surface area contributed by atoms with E-state index in [0.29, 0.717) is 5.69 Å². The molecule has 20 heavy (non-hydrogen) atoms. The second-order valence-corrected chi connectivity index (χ2v) is 5.72. The molecule has 4 nitrogen and oxygen atoms in total. The van der Waals surface area contributed by atoms with Crippen molar-refractivity contribution in [1.29, 1.82) is 0 Å². The smallest absolute Gasteiger partial charge is 0.238 e. The maximum absolute atomic E-state index is 13.4. The van der Waals surface area contributed by atoms with E-state index in [1.165, 1.54) is 18.2 Å². The van der Waals surface area contributed by atoms with Gasteiger partial charge in [0, 0.05) is 17.8 Å². The molecule has 0 atom stereocenters. The Bertz CT molecular complexity index is 733. The van der Waals surface area contributed by atoms with E-state index in [2.05, 4.69) is 5.32 Å². The van der Waals surface area contributed by atoms with Gasteiger partial charge in [-0.15, -0.1) is 0 Å². The van der Waals surface area contributed by atoms with Crippen LogP contribution in [-0.4, -0.2) is 8.42 Å². The molecule has 3 N–H and O–H groups in total. The predicted octanol–water partition coefficient (Wildman–Crippen LogP) is 2.22. The Kier molecular flexibility index (Phi) is 4.01. The molecular weight excluding hydrogens is 286 g/mol. The van der Waals surface area contributed by atoms with Gasteiger partial charge in [0.15, 0.2) is 0 Å². The number of benzene rings is 2. The normalized spacial score (nSPS) is 11.3. The molecule has 7 heteroatoms. The highest BCUT2D eigenvalue weighted by molar-refractivity contribution is 7.89. The highest BCUT2D eigenvalue weighted by Gasteiger charge is 2.08. The van der Waals surface area contributed by atoms with E-state index in [4.69, 9.17) is 5.14 Å². The summed E-state index contributed by atoms with van der Waals surface area (Å²) in [4.78, 5) is -0.0535. The number of primary sulfonamides is 1. The Morgan fingerprint density at radius 2 is 1.85 bits per heavy atom. The van der Waals surface area contributed by atoms with Crippen molar-refractivity contribution < 1.29 is 17.2 Å². The molecule has 0 radical (unpaired) electrons. The second-order valence-electron chi connectivity index (χ2n) is 4.16. The molecule has 0 aliphatic heterocycles. The van der Waals surface area contributed by atoms with Crippen LogP contribution in [0.4, 0.5) is 14.5 Å². The SMILES string of the molecule is NS(=O)(=O)c1cccc(NCc2cc(F)ccc2F)c1. The van der Waals surface area contributed by atoms with Crippen molar-refractivity contribution in [1.82, 2.24) is 0 Å². The molecule has 0 aliphatic rings. The average Bonchev–Trinajstić information content (AvgIpc) is 2.39. The Morgan fingerprint density at radius 1 is 1.10 bits per heavy atom. The molecule has 0 bridgehead atoms. The lowest BCUT2D eigenvalue weighted by molar-refractivity contribution is 0.587. The minimum atomic E-state index is -3.80. The Morgan fingerprint density at radius 3 is 2.55 bits per heavy atom. The third kappa shape index (κ3) is 3.52. The van der Waals surface area contributed by atoms with Crippen molar-refractivity contribution in [2.75, 3.05) is 5.32 Å². The number of anilines is 1. The van der Waals surface area contributed by atoms with Crippen LogP contribution in [0.1, 0.15) is 5.56 Å². The summed E-state index contributed by atoms with van der Waals surface area (Å²) in [5.41, 5.74) is 0.589. The predicted molar refractivity (Wildman–Crippen MR) is 71.5 cm³/mol. The van der Waals surface area contributed by atoms with E-state index in [1.807, 2.05) is 0 Å². The summed E-state index contributed by atoms with van der Waals surface area (Å²) in [5, 5.41) is 7.83. The van der Waals surface area contributed by atoms with Gasteiger partial charge in [0.1, 0.15) is 11.6 Å². The fourth-order valence-corrected chi connectivity index (χ4v) is 2.22. The van der Waals surface area contributed by atoms with Crippen molar-refractivity contribution in [3.63, 3.8) is 0 Å². The molecule has 0 fully saturated rings. The van der Waals surface area contributed by atoms with Gasteiger partial charge < -0.3 is 5.32 Å². The Labute approximate surface area is 115 Å². The average molecular weight is 298 g/mol. The van der Waals surface area contributed by atoms with Crippen molar-refractivity contribution in [3.05, 3.63) is 59.7 Å². The number of hydrogen-bond donors (Lipinski definition) is 2. The molecule has 2 aromatic rings. The maximum atomic E-state index is 13.4. The van der Waals surface area contributed by atoms with Crippen LogP contribution in [0, 0.1) is 11.6 Å². The minimum Gasteiger partial charge on any atom is -0.381 e. The molecule has 0 heterocycles. The fourth-order valence-electron chi connectivity index (χ4n) is 1.66. The summed E-state index contributed by atoms with van der Waals surface area (Å²) in [6.45, 7) is 0.0255. The summed E-state index contributed by atoms with van der Waals surface area (Å²) in [6.07, 6.45) is 0. The van der Waals surface area contributed by atoms with E-state index in [-0.39, 0.29) is 17.0 Å². The molecular formula is C13H12F2N2O2S. The summed E-state index contributed by atoms with van der Waals surface area (Å²) >= 11 is 0. The van der Waals surface area contributed by atoms with Crippen molar-refractivity contribution >= 4 is 15.7 Å². The van der Waals surface area contributed by atoms with E-state index < -0.39 is 21.7 Å². The van der Waals surface area contributed by atoms with Gasteiger partial charge in [-0.2, -0.15) is 0 Å². The van der Waals surface area contributed by atoms with Gasteiger partial charge in [0.05, 0.1) is 4.90 Å². The van der Waals surface area contributed by atoms with Gasteiger partial charge in [-0.25, -0.2) is 22.3 Å². The summed E-state index contributed by atoms with van der Waals surface area (Å²) in [7, 11) is -3.80. The zero-order chi connectivity index (χ0) is 14.8. The number of sulfonamides is 1. The van der Waals surface area contributed by atoms with Gasteiger partial charge in [-0.3, -0.25) is 0 Å². The number of rotatable bonds is 4. The molecule has 0 amide bonds. The highest BCUT2D eigenvalue weighted by atomic mass is 32.2. The summed E-state index contributed by atoms with van der Waals surface area (Å²) in [5.74, 6) is -1.08. The van der Waals surface area contributed by atoms with Crippen LogP contribution in [0.25, 0.3) is 0 Å². The van der Waals surface area contributed by atoms with Crippen LogP contribution >= 0.6 is 0 Å². The molecule has 0 saturated heterocycles. The third-order valence-corrected chi connectivity index (χ3v) is 3.56. The molecule has 0 aromatic heterocycles. The van der Waals surface area contributed by atoms with E-state index in [1.54, 1.807) is 6.07 Å². The molecule has 106 valence electrons. The minimum absolute atomic E-state index is 0.0255. The van der Waals surface area contributed by atoms with Crippen LogP contribution in [0.3, 0.4) is 0 Å². The number of nitrogens with one attached hydrogen (secondary N) is 1. The summed E-state index contributed by atoms with van der Waals surface area (Å²) < 4.78 is 48.8. The second kappa shape index (κ2) is 5.56. The topological polar surface area (TPSA) is 72.2 Å². The lowest BCUT2D eigenvalue weighted by atomic mass is 10.2. The molecule has 2 rings (SSSR count). The zero-order valence-corrected chi connectivity index (χ0v) is 11.1. The molecule has 0 spiro atoms. The van der Waals surface area contributed by atoms with Crippen molar-refractivity contribution in [2.24, 2.45) is 5.14 Å². The number of nitrogens with two attached hydrogens (primary N) is 1. The quantitative estimate of drug-likeness (QED) is 0.909. The highest BCUT2D eigenvalue weighted by Crippen LogP contribution is 2.16. The van der Waals surface area contributed by atoms with Crippen molar-refractivity contribution in [2.45, 2.75) is 11.4 Å². The fraction of sp³-hybridized carbons (Fsp3) is 0.0769. The van der Waals surface area contributed by atoms with Crippen LogP contribution in [0.5, 0.6) is 0 Å². The standard InChI is InChI=1S/C13H12F2N2O2S/c14-10-4-5-13(15)9(6-10)8-17-11-2-1-3-12(7-11)20(16,18)19/h1-7,17H,8H2,(H2,16,18,19). The van der Waals surface area contributed by atoms with Gasteiger partial charge in [-0.05, 0) is 36.4 Å². The zero-order valence-electron chi connectivity index (χ0n) is 10.3. The molecule has 0 aliphatic carbocycles. The monoisotopic (exact) mass is 298 g/mol. The number of hydrogen-bond acceptors (Lipinski definition) is 3. The largest absolute Gasteiger partial charge is 0.381 e. The van der Waals surface area contributed by atoms with Gasteiger partial charge in [-0.1, -0.05) is 6.07 Å². The van der Waals surface area contributed by atoms with Gasteiger partial charge in [0.2, 0.25) is 10.0 Å². The number of halogens is 2. The lowest BCUT2D eigenvalue weighted by Gasteiger charge is -2.08. The van der Waals surface area contributed by atoms with Gasteiger partial charge >= 0.3 is 0 Å². The van der Waals surface area contributed by atoms with E-state index in [0.717, 1.165) is 18.2 Å². The van der Waals surface area contributed by atoms with Crippen LogP contribution in [-0.2, 0) is 16.6 Å². The van der Waals surface area contributed by atoms with Crippen molar-refractivity contribution in [3.8, 4) is 0 Å². The van der Waals surface area contributed by atoms with E-state index >= 15 is 0 Å². The first-order valence-corrected chi connectivity index (χ1v) is 7.21. The van der Waals surface area contributed by atoms with E-state index in [9.17, 15) is 17.2 Å². The summed E-state index contributed by atoms with van der Waals surface area (Å²) in [6, 6.07) is 8.92. The molecule has 2 aromatic carbocycles. The third-order valence-electron chi connectivity index (χ3n) is 2.65.